The van der Waals surface area contributed by atoms with Gasteiger partial charge in [-0.15, -0.1) is 0 Å². The lowest BCUT2D eigenvalue weighted by Crippen LogP contribution is -1.94. The smallest absolute Gasteiger partial charge is 0.352 e. The summed E-state index contributed by atoms with van der Waals surface area (Å²) in [5.41, 5.74) is 1.06. The highest BCUT2D eigenvalue weighted by atomic mass is 32.2. The van der Waals surface area contributed by atoms with Gasteiger partial charge in [-0.3, -0.25) is 9.51 Å². The summed E-state index contributed by atoms with van der Waals surface area (Å²) in [6, 6.07) is 8.70. The number of hydrogen-bond donors (Lipinski definition) is 2. The molecule has 0 saturated heterocycles. The first kappa shape index (κ1) is 18.1. The van der Waals surface area contributed by atoms with Gasteiger partial charge in [0.05, 0.1) is 22.5 Å². The molecular formula is C18H18F2N4O3S. The number of H-pyrrole nitrogens is 2. The third-order valence-electron chi connectivity index (χ3n) is 3.99. The van der Waals surface area contributed by atoms with Crippen LogP contribution in [0.5, 0.6) is 0 Å². The monoisotopic (exact) mass is 408 g/mol. The first-order valence-electron chi connectivity index (χ1n) is 8.06. The lowest BCUT2D eigenvalue weighted by Gasteiger charge is -2.07. The van der Waals surface area contributed by atoms with Crippen LogP contribution in [0.25, 0.3) is 33.5 Å². The van der Waals surface area contributed by atoms with Crippen LogP contribution < -0.4 is 5.76 Å². The number of halogens is 2. The minimum atomic E-state index is -2.34. The highest BCUT2D eigenvalue weighted by Gasteiger charge is 2.19. The van der Waals surface area contributed by atoms with Gasteiger partial charge >= 0.3 is 5.76 Å². The van der Waals surface area contributed by atoms with Crippen molar-refractivity contribution in [2.45, 2.75) is 0 Å². The summed E-state index contributed by atoms with van der Waals surface area (Å²) in [5, 5.41) is 3.66. The standard InChI is InChI=1S/C18H14F2N4O3S.2H2/c1-28(2,26)24-10-5-3-9(4-6-10)15-12(19)8-13-11(16(15)20)7-14(21-13)17-22-18(25)27-23-17;;/h3-8,21H,1-2H3,(H,22,23,25);2*1H. The molecule has 0 saturated carbocycles. The Balaban J connectivity index is 0.00000160. The van der Waals surface area contributed by atoms with Crippen molar-refractivity contribution in [3.63, 3.8) is 0 Å². The Bertz CT molecular complexity index is 1380. The predicted octanol–water partition coefficient (Wildman–Crippen LogP) is 4.31. The molecule has 10 heteroatoms. The van der Waals surface area contributed by atoms with E-state index in [1.165, 1.54) is 36.8 Å². The summed E-state index contributed by atoms with van der Waals surface area (Å²) in [7, 11) is -2.34. The second-order valence-electron chi connectivity index (χ2n) is 6.45. The molecule has 0 aliphatic carbocycles. The van der Waals surface area contributed by atoms with E-state index in [0.717, 1.165) is 0 Å². The molecule has 0 fully saturated rings. The maximum atomic E-state index is 15.1. The number of hydrogen-bond acceptors (Lipinski definition) is 5. The molecule has 2 N–H and O–H groups in total. The zero-order valence-electron chi connectivity index (χ0n) is 14.7. The van der Waals surface area contributed by atoms with Crippen molar-refractivity contribution in [1.29, 1.82) is 0 Å². The van der Waals surface area contributed by atoms with Crippen molar-refractivity contribution >= 4 is 26.3 Å². The maximum Gasteiger partial charge on any atom is 0.439 e. The molecule has 7 nitrogen and oxygen atoms in total. The average Bonchev–Trinajstić information content (AvgIpc) is 3.21. The number of benzene rings is 2. The molecular weight excluding hydrogens is 390 g/mol. The van der Waals surface area contributed by atoms with Crippen LogP contribution in [-0.2, 0) is 9.73 Å². The first-order chi connectivity index (χ1) is 13.2. The Hall–Kier alpha value is -3.27. The van der Waals surface area contributed by atoms with Crippen LogP contribution in [0.4, 0.5) is 14.5 Å². The quantitative estimate of drug-likeness (QED) is 0.527. The topological polar surface area (TPSA) is 104 Å². The van der Waals surface area contributed by atoms with E-state index in [9.17, 15) is 13.4 Å². The van der Waals surface area contributed by atoms with Crippen LogP contribution in [0.1, 0.15) is 2.85 Å². The van der Waals surface area contributed by atoms with Crippen molar-refractivity contribution in [3.05, 3.63) is 58.6 Å². The Morgan fingerprint density at radius 1 is 1.14 bits per heavy atom. The van der Waals surface area contributed by atoms with E-state index < -0.39 is 27.1 Å². The molecule has 2 aromatic carbocycles. The Kier molecular flexibility index (Phi) is 4.15. The van der Waals surface area contributed by atoms with E-state index in [-0.39, 0.29) is 30.8 Å². The third-order valence-corrected chi connectivity index (χ3v) is 4.64. The van der Waals surface area contributed by atoms with Gasteiger partial charge in [0.15, 0.2) is 5.82 Å². The van der Waals surface area contributed by atoms with Gasteiger partial charge in [-0.2, -0.15) is 4.36 Å². The number of rotatable bonds is 3. The fourth-order valence-corrected chi connectivity index (χ4v) is 3.51. The average molecular weight is 408 g/mol. The summed E-state index contributed by atoms with van der Waals surface area (Å²) in [6.45, 7) is 0. The van der Waals surface area contributed by atoms with Crippen molar-refractivity contribution in [2.24, 2.45) is 4.36 Å². The van der Waals surface area contributed by atoms with E-state index in [4.69, 9.17) is 0 Å². The van der Waals surface area contributed by atoms with Gasteiger partial charge in [0.2, 0.25) is 0 Å². The van der Waals surface area contributed by atoms with Crippen LogP contribution in [0.3, 0.4) is 0 Å². The zero-order chi connectivity index (χ0) is 20.1. The lowest BCUT2D eigenvalue weighted by atomic mass is 10.0. The van der Waals surface area contributed by atoms with Crippen molar-refractivity contribution in [2.75, 3.05) is 12.5 Å². The fourth-order valence-electron chi connectivity index (χ4n) is 2.89. The summed E-state index contributed by atoms with van der Waals surface area (Å²) in [6.07, 6.45) is 3.00. The van der Waals surface area contributed by atoms with Gasteiger partial charge in [0.1, 0.15) is 11.6 Å². The van der Waals surface area contributed by atoms with E-state index in [0.29, 0.717) is 11.3 Å². The van der Waals surface area contributed by atoms with Crippen molar-refractivity contribution in [1.82, 2.24) is 15.1 Å². The minimum Gasteiger partial charge on any atom is -0.352 e. The number of nitrogens with zero attached hydrogens (tertiary/aromatic N) is 2. The Morgan fingerprint density at radius 3 is 2.46 bits per heavy atom. The molecule has 28 heavy (non-hydrogen) atoms. The van der Waals surface area contributed by atoms with Gasteiger partial charge in [-0.25, -0.2) is 17.8 Å². The number of fused-ring (bicyclic) bond motifs is 1. The van der Waals surface area contributed by atoms with Gasteiger partial charge in [0, 0.05) is 30.5 Å². The molecule has 4 aromatic rings. The van der Waals surface area contributed by atoms with E-state index in [2.05, 4.69) is 24.0 Å². The molecule has 2 aromatic heterocycles. The molecule has 0 bridgehead atoms. The number of nitrogens with one attached hydrogen (secondary N) is 2. The first-order valence-corrected chi connectivity index (χ1v) is 10.4. The van der Waals surface area contributed by atoms with E-state index >= 15 is 4.39 Å². The van der Waals surface area contributed by atoms with Crippen molar-refractivity contribution in [3.8, 4) is 22.6 Å². The largest absolute Gasteiger partial charge is 0.439 e. The summed E-state index contributed by atoms with van der Waals surface area (Å²) in [4.78, 5) is 16.2. The molecule has 0 aliphatic heterocycles. The maximum absolute atomic E-state index is 15.1. The third kappa shape index (κ3) is 3.33. The molecule has 0 radical (unpaired) electrons. The van der Waals surface area contributed by atoms with E-state index in [1.807, 2.05) is 0 Å². The normalized spacial score (nSPS) is 11.9. The van der Waals surface area contributed by atoms with Crippen LogP contribution in [0.15, 0.2) is 50.1 Å². The van der Waals surface area contributed by atoms with Gasteiger partial charge in [-0.1, -0.05) is 17.3 Å². The highest BCUT2D eigenvalue weighted by molar-refractivity contribution is 7.92. The molecule has 0 spiro atoms. The molecule has 2 heterocycles. The van der Waals surface area contributed by atoms with Crippen molar-refractivity contribution < 1.29 is 20.4 Å². The van der Waals surface area contributed by atoms with Crippen LogP contribution in [0, 0.1) is 11.6 Å². The van der Waals surface area contributed by atoms with Crippen LogP contribution in [-0.4, -0.2) is 31.8 Å². The predicted molar refractivity (Wildman–Crippen MR) is 106 cm³/mol. The highest BCUT2D eigenvalue weighted by Crippen LogP contribution is 2.34. The summed E-state index contributed by atoms with van der Waals surface area (Å²) < 4.78 is 50.0. The molecule has 0 unspecified atom stereocenters. The molecule has 0 atom stereocenters. The van der Waals surface area contributed by atoms with Gasteiger partial charge in [0.25, 0.3) is 0 Å². The van der Waals surface area contributed by atoms with Gasteiger partial charge in [-0.05, 0) is 29.8 Å². The summed E-state index contributed by atoms with van der Waals surface area (Å²) >= 11 is 0. The number of aromatic amines is 2. The summed E-state index contributed by atoms with van der Waals surface area (Å²) in [5.74, 6) is -2.19. The Morgan fingerprint density at radius 2 is 1.86 bits per heavy atom. The second kappa shape index (κ2) is 6.41. The second-order valence-corrected chi connectivity index (χ2v) is 9.00. The zero-order valence-corrected chi connectivity index (χ0v) is 15.6. The minimum absolute atomic E-state index is 0. The van der Waals surface area contributed by atoms with Crippen LogP contribution >= 0.6 is 0 Å². The van der Waals surface area contributed by atoms with E-state index in [1.54, 1.807) is 12.1 Å². The molecule has 0 amide bonds. The van der Waals surface area contributed by atoms with Gasteiger partial charge < -0.3 is 4.98 Å². The Labute approximate surface area is 160 Å². The molecule has 148 valence electrons. The molecule has 4 rings (SSSR count). The fraction of sp³-hybridized carbons (Fsp3) is 0.111. The lowest BCUT2D eigenvalue weighted by molar-refractivity contribution is 0.388. The molecule has 0 aliphatic rings. The van der Waals surface area contributed by atoms with Crippen LogP contribution in [0.2, 0.25) is 0 Å². The number of aromatic nitrogens is 3. The SMILES string of the molecule is CS(C)(=O)=Nc1ccc(-c2c(F)cc3[nH]c(-c4noc(=O)[nH]4)cc3c2F)cc1.[HH].[HH].